The lowest BCUT2D eigenvalue weighted by atomic mass is 9.98. The molecule has 0 aliphatic carbocycles. The van der Waals surface area contributed by atoms with Crippen LogP contribution in [0.25, 0.3) is 0 Å². The van der Waals surface area contributed by atoms with Gasteiger partial charge in [0.1, 0.15) is 0 Å². The monoisotopic (exact) mass is 369 g/mol. The summed E-state index contributed by atoms with van der Waals surface area (Å²) in [7, 11) is 0. The molecule has 3 heterocycles. The first-order valence-electron chi connectivity index (χ1n) is 8.76. The third-order valence-electron chi connectivity index (χ3n) is 5.08. The highest BCUT2D eigenvalue weighted by atomic mass is 35.5. The van der Waals surface area contributed by atoms with Gasteiger partial charge >= 0.3 is 6.09 Å². The predicted molar refractivity (Wildman–Crippen MR) is 93.0 cm³/mol. The second-order valence-electron chi connectivity index (χ2n) is 6.62. The molecule has 25 heavy (non-hydrogen) atoms. The van der Waals surface area contributed by atoms with Crippen molar-refractivity contribution in [2.24, 2.45) is 0 Å². The minimum Gasteiger partial charge on any atom is -0.465 e. The Bertz CT molecular complexity index is 644. The fraction of sp³-hybridized carbons (Fsp3) is 0.688. The summed E-state index contributed by atoms with van der Waals surface area (Å²) in [4.78, 5) is 34.7. The number of carboxylic acid groups (broad SMARTS) is 1. The number of hydrogen-bond donors (Lipinski definition) is 3. The highest BCUT2D eigenvalue weighted by molar-refractivity contribution is 6.30. The molecule has 0 spiro atoms. The van der Waals surface area contributed by atoms with Crippen LogP contribution in [0.5, 0.6) is 0 Å². The summed E-state index contributed by atoms with van der Waals surface area (Å²) in [6.45, 7) is 4.66. The van der Waals surface area contributed by atoms with Crippen molar-refractivity contribution in [3.63, 3.8) is 0 Å². The Morgan fingerprint density at radius 2 is 2.08 bits per heavy atom. The topological polar surface area (TPSA) is 102 Å². The lowest BCUT2D eigenvalue weighted by Crippen LogP contribution is -2.60. The van der Waals surface area contributed by atoms with E-state index in [0.717, 1.165) is 31.6 Å². The maximum absolute atomic E-state index is 12.6. The van der Waals surface area contributed by atoms with Crippen LogP contribution >= 0.6 is 11.6 Å². The summed E-state index contributed by atoms with van der Waals surface area (Å²) in [6, 6.07) is -0.109. The number of likely N-dealkylation sites (tertiary alicyclic amines) is 2. The molecule has 2 amide bonds. The fourth-order valence-electron chi connectivity index (χ4n) is 3.68. The van der Waals surface area contributed by atoms with Crippen LogP contribution in [0.1, 0.15) is 42.5 Å². The molecule has 2 fully saturated rings. The zero-order chi connectivity index (χ0) is 18.0. The van der Waals surface area contributed by atoms with Crippen LogP contribution in [0.15, 0.2) is 0 Å². The highest BCUT2D eigenvalue weighted by Gasteiger charge is 2.37. The Morgan fingerprint density at radius 3 is 2.68 bits per heavy atom. The third-order valence-corrected chi connectivity index (χ3v) is 5.39. The number of carbonyl (C=O) groups is 2. The van der Waals surface area contributed by atoms with Crippen LogP contribution in [0.3, 0.4) is 0 Å². The Hall–Kier alpha value is -1.80. The van der Waals surface area contributed by atoms with Crippen LogP contribution in [-0.4, -0.2) is 75.1 Å². The number of nitrogens with zero attached hydrogens (tertiary/aromatic N) is 3. The number of carbonyl (C=O) groups excluding carboxylic acids is 1. The molecule has 0 radical (unpaired) electrons. The van der Waals surface area contributed by atoms with Crippen molar-refractivity contribution >= 4 is 23.6 Å². The molecule has 0 aromatic carbocycles. The molecule has 0 unspecified atom stereocenters. The first kappa shape index (κ1) is 18.0. The van der Waals surface area contributed by atoms with E-state index in [9.17, 15) is 14.7 Å². The van der Waals surface area contributed by atoms with Gasteiger partial charge in [0.15, 0.2) is 11.0 Å². The second kappa shape index (κ2) is 7.61. The first-order chi connectivity index (χ1) is 12.0. The van der Waals surface area contributed by atoms with E-state index in [0.29, 0.717) is 31.1 Å². The number of H-pyrrole nitrogens is 1. The van der Waals surface area contributed by atoms with Gasteiger partial charge in [-0.2, -0.15) is 0 Å². The molecule has 1 aromatic heterocycles. The average molecular weight is 370 g/mol. The van der Waals surface area contributed by atoms with E-state index in [1.807, 2.05) is 6.92 Å². The van der Waals surface area contributed by atoms with Gasteiger partial charge < -0.3 is 20.3 Å². The zero-order valence-corrected chi connectivity index (χ0v) is 15.1. The standard InChI is InChI=1S/C16H24ClN5O3/c1-2-10-13(17)20-14(18-10)15(23)19-11-5-8-22(16(24)25)9-12(11)21-6-3-4-7-21/h11-12H,2-9H2,1H3,(H,18,20)(H,19,23)(H,24,25)/t11-,12+/m1/s1. The molecule has 3 rings (SSSR count). The van der Waals surface area contributed by atoms with Gasteiger partial charge in [-0.3, -0.25) is 9.69 Å². The van der Waals surface area contributed by atoms with E-state index in [2.05, 4.69) is 20.2 Å². The number of aromatic amines is 1. The number of piperidine rings is 1. The fourth-order valence-corrected chi connectivity index (χ4v) is 3.95. The molecule has 3 N–H and O–H groups in total. The van der Waals surface area contributed by atoms with Gasteiger partial charge in [-0.05, 0) is 38.8 Å². The Balaban J connectivity index is 1.71. The second-order valence-corrected chi connectivity index (χ2v) is 6.97. The first-order valence-corrected chi connectivity index (χ1v) is 9.14. The predicted octanol–water partition coefficient (Wildman–Crippen LogP) is 1.57. The van der Waals surface area contributed by atoms with Crippen molar-refractivity contribution in [3.8, 4) is 0 Å². The largest absolute Gasteiger partial charge is 0.465 e. The van der Waals surface area contributed by atoms with Crippen LogP contribution in [-0.2, 0) is 6.42 Å². The maximum atomic E-state index is 12.6. The van der Waals surface area contributed by atoms with Crippen LogP contribution < -0.4 is 5.32 Å². The minimum absolute atomic E-state index is 0.00706. The van der Waals surface area contributed by atoms with Gasteiger partial charge in [0.25, 0.3) is 5.91 Å². The van der Waals surface area contributed by atoms with Gasteiger partial charge in [-0.1, -0.05) is 18.5 Å². The molecule has 0 bridgehead atoms. The number of amides is 2. The molecule has 2 aliphatic rings. The Morgan fingerprint density at radius 1 is 1.36 bits per heavy atom. The number of hydrogen-bond acceptors (Lipinski definition) is 4. The van der Waals surface area contributed by atoms with Crippen molar-refractivity contribution in [1.82, 2.24) is 25.1 Å². The molecule has 1 aromatic rings. The van der Waals surface area contributed by atoms with E-state index in [-0.39, 0.29) is 23.8 Å². The summed E-state index contributed by atoms with van der Waals surface area (Å²) in [5.41, 5.74) is 0.739. The zero-order valence-electron chi connectivity index (χ0n) is 14.3. The van der Waals surface area contributed by atoms with E-state index in [1.54, 1.807) is 0 Å². The maximum Gasteiger partial charge on any atom is 0.407 e. The van der Waals surface area contributed by atoms with Crippen molar-refractivity contribution in [2.75, 3.05) is 26.2 Å². The van der Waals surface area contributed by atoms with E-state index in [1.165, 1.54) is 4.90 Å². The van der Waals surface area contributed by atoms with Gasteiger partial charge in [0.05, 0.1) is 5.69 Å². The number of rotatable bonds is 4. The van der Waals surface area contributed by atoms with Crippen molar-refractivity contribution in [3.05, 3.63) is 16.7 Å². The molecular formula is C16H24ClN5O3. The molecule has 8 nitrogen and oxygen atoms in total. The van der Waals surface area contributed by atoms with E-state index in [4.69, 9.17) is 11.6 Å². The number of aromatic nitrogens is 2. The van der Waals surface area contributed by atoms with E-state index < -0.39 is 6.09 Å². The smallest absolute Gasteiger partial charge is 0.407 e. The van der Waals surface area contributed by atoms with Crippen molar-refractivity contribution in [1.29, 1.82) is 0 Å². The SMILES string of the molecule is CCc1[nH]c(C(=O)N[C@@H]2CCN(C(=O)O)C[C@@H]2N2CCCC2)nc1Cl. The van der Waals surface area contributed by atoms with Crippen LogP contribution in [0.4, 0.5) is 4.79 Å². The highest BCUT2D eigenvalue weighted by Crippen LogP contribution is 2.22. The average Bonchev–Trinajstić information content (AvgIpc) is 3.24. The van der Waals surface area contributed by atoms with Crippen LogP contribution in [0, 0.1) is 0 Å². The summed E-state index contributed by atoms with van der Waals surface area (Å²) in [5.74, 6) is -0.0812. The summed E-state index contributed by atoms with van der Waals surface area (Å²) in [5, 5.41) is 12.7. The number of imidazole rings is 1. The molecule has 2 atom stereocenters. The van der Waals surface area contributed by atoms with Gasteiger partial charge in [0, 0.05) is 25.2 Å². The number of halogens is 1. The van der Waals surface area contributed by atoms with Crippen molar-refractivity contribution in [2.45, 2.75) is 44.7 Å². The molecular weight excluding hydrogens is 346 g/mol. The molecule has 0 saturated carbocycles. The van der Waals surface area contributed by atoms with Gasteiger partial charge in [-0.25, -0.2) is 9.78 Å². The molecule has 2 saturated heterocycles. The van der Waals surface area contributed by atoms with Crippen LogP contribution in [0.2, 0.25) is 5.15 Å². The van der Waals surface area contributed by atoms with Gasteiger partial charge in [-0.15, -0.1) is 0 Å². The Kier molecular flexibility index (Phi) is 5.48. The van der Waals surface area contributed by atoms with E-state index >= 15 is 0 Å². The summed E-state index contributed by atoms with van der Waals surface area (Å²) in [6.07, 6.45) is 2.58. The quantitative estimate of drug-likeness (QED) is 0.747. The lowest BCUT2D eigenvalue weighted by Gasteiger charge is -2.42. The summed E-state index contributed by atoms with van der Waals surface area (Å²) < 4.78 is 0. The Labute approximate surface area is 151 Å². The minimum atomic E-state index is -0.903. The normalized spacial score (nSPS) is 24.5. The molecule has 138 valence electrons. The number of nitrogens with one attached hydrogen (secondary N) is 2. The van der Waals surface area contributed by atoms with Gasteiger partial charge in [0.2, 0.25) is 0 Å². The molecule has 9 heteroatoms. The van der Waals surface area contributed by atoms with Crippen molar-refractivity contribution < 1.29 is 14.7 Å². The summed E-state index contributed by atoms with van der Waals surface area (Å²) >= 11 is 6.02. The number of aryl methyl sites for hydroxylation is 1. The third kappa shape index (κ3) is 3.90. The molecule has 2 aliphatic heterocycles. The lowest BCUT2D eigenvalue weighted by molar-refractivity contribution is 0.0675.